The van der Waals surface area contributed by atoms with E-state index >= 15 is 0 Å². The number of carboxylic acid groups (broad SMARTS) is 2. The lowest BCUT2D eigenvalue weighted by Gasteiger charge is -2.20. The maximum Gasteiger partial charge on any atom is 0.339 e. The van der Waals surface area contributed by atoms with Crippen LogP contribution in [0.15, 0.2) is 66.0 Å². The van der Waals surface area contributed by atoms with E-state index in [0.717, 1.165) is 0 Å². The second kappa shape index (κ2) is 11.8. The predicted molar refractivity (Wildman–Crippen MR) is 152 cm³/mol. The molecule has 0 bridgehead atoms. The average Bonchev–Trinajstić information content (AvgIpc) is 3.42. The van der Waals surface area contributed by atoms with Gasteiger partial charge < -0.3 is 31.1 Å². The standard InChI is InChI=1S/C28H26N8O7/c1-28(2,3)32-25(39)14-8-19(21(33-29)12-30-15-4-6-17(26(40)41)23(37)10-15)31-20(9-14)22-13-36(35-34-22)16-5-7-18(27(42)43)24(38)11-16/h4-13,29-30,37-38H,1-3H3,(H,32,39)(H,40,41)(H,42,43)/b21-12-,33-29?. The van der Waals surface area contributed by atoms with E-state index in [1.54, 1.807) is 0 Å². The number of hydrogen-bond donors (Lipinski definition) is 7. The number of pyridine rings is 1. The van der Waals surface area contributed by atoms with Gasteiger partial charge >= 0.3 is 11.9 Å². The highest BCUT2D eigenvalue weighted by atomic mass is 16.4. The lowest BCUT2D eigenvalue weighted by Crippen LogP contribution is -2.40. The van der Waals surface area contributed by atoms with Crippen molar-refractivity contribution in [2.45, 2.75) is 26.3 Å². The number of aromatic hydroxyl groups is 2. The number of amides is 1. The van der Waals surface area contributed by atoms with Gasteiger partial charge in [-0.25, -0.2) is 24.8 Å². The molecular formula is C28H26N8O7. The summed E-state index contributed by atoms with van der Waals surface area (Å²) in [5, 5.41) is 55.7. The van der Waals surface area contributed by atoms with Crippen molar-refractivity contribution in [1.29, 1.82) is 5.53 Å². The highest BCUT2D eigenvalue weighted by molar-refractivity contribution is 5.96. The molecule has 4 aromatic rings. The van der Waals surface area contributed by atoms with Crippen LogP contribution in [0.3, 0.4) is 0 Å². The van der Waals surface area contributed by atoms with E-state index in [2.05, 4.69) is 31.0 Å². The Morgan fingerprint density at radius 3 is 2.16 bits per heavy atom. The van der Waals surface area contributed by atoms with Crippen LogP contribution < -0.4 is 10.6 Å². The van der Waals surface area contributed by atoms with Crippen LogP contribution in [0.5, 0.6) is 11.5 Å². The van der Waals surface area contributed by atoms with Crippen molar-refractivity contribution in [3.05, 3.63) is 83.3 Å². The van der Waals surface area contributed by atoms with E-state index in [9.17, 15) is 24.6 Å². The van der Waals surface area contributed by atoms with Crippen LogP contribution in [0, 0.1) is 5.53 Å². The van der Waals surface area contributed by atoms with Gasteiger partial charge in [0.15, 0.2) is 0 Å². The molecule has 4 rings (SSSR count). The molecule has 15 heteroatoms. The minimum Gasteiger partial charge on any atom is -0.507 e. The number of benzene rings is 2. The number of aromatic nitrogens is 4. The second-order valence-corrected chi connectivity index (χ2v) is 10.2. The van der Waals surface area contributed by atoms with Crippen LogP contribution in [-0.4, -0.2) is 63.8 Å². The monoisotopic (exact) mass is 586 g/mol. The van der Waals surface area contributed by atoms with Gasteiger partial charge in [0, 0.05) is 35.1 Å². The molecule has 7 N–H and O–H groups in total. The summed E-state index contributed by atoms with van der Waals surface area (Å²) in [6.45, 7) is 5.43. The van der Waals surface area contributed by atoms with E-state index in [-0.39, 0.29) is 39.5 Å². The lowest BCUT2D eigenvalue weighted by molar-refractivity contribution is 0.0682. The summed E-state index contributed by atoms with van der Waals surface area (Å²) >= 11 is 0. The molecule has 1 amide bonds. The third-order valence-electron chi connectivity index (χ3n) is 5.79. The van der Waals surface area contributed by atoms with Gasteiger partial charge in [-0.2, -0.15) is 5.11 Å². The third-order valence-corrected chi connectivity index (χ3v) is 5.79. The van der Waals surface area contributed by atoms with Gasteiger partial charge in [-0.05, 0) is 57.2 Å². The summed E-state index contributed by atoms with van der Waals surface area (Å²) < 4.78 is 1.28. The Hall–Kier alpha value is -6.12. The Morgan fingerprint density at radius 1 is 0.930 bits per heavy atom. The van der Waals surface area contributed by atoms with E-state index in [4.69, 9.17) is 15.7 Å². The van der Waals surface area contributed by atoms with E-state index in [1.165, 1.54) is 65.6 Å². The zero-order valence-corrected chi connectivity index (χ0v) is 23.0. The van der Waals surface area contributed by atoms with Gasteiger partial charge in [-0.15, -0.1) is 5.10 Å². The predicted octanol–water partition coefficient (Wildman–Crippen LogP) is 4.11. The number of carbonyl (C=O) groups excluding carboxylic acids is 1. The third kappa shape index (κ3) is 6.97. The van der Waals surface area contributed by atoms with Crippen LogP contribution in [0.25, 0.3) is 22.8 Å². The van der Waals surface area contributed by atoms with Crippen molar-refractivity contribution < 1.29 is 34.8 Å². The molecule has 0 aliphatic carbocycles. The minimum absolute atomic E-state index is 0.0185. The van der Waals surface area contributed by atoms with Gasteiger partial charge in [0.05, 0.1) is 23.3 Å². The molecule has 0 unspecified atom stereocenters. The molecular weight excluding hydrogens is 560 g/mol. The number of anilines is 1. The summed E-state index contributed by atoms with van der Waals surface area (Å²) in [6, 6.07) is 10.6. The average molecular weight is 587 g/mol. The molecule has 0 fully saturated rings. The summed E-state index contributed by atoms with van der Waals surface area (Å²) in [6.07, 6.45) is 2.75. The topological polar surface area (TPSA) is 236 Å². The summed E-state index contributed by atoms with van der Waals surface area (Å²) in [7, 11) is 0. The molecule has 0 saturated carbocycles. The molecule has 2 aromatic carbocycles. The second-order valence-electron chi connectivity index (χ2n) is 10.2. The lowest BCUT2D eigenvalue weighted by atomic mass is 10.1. The maximum absolute atomic E-state index is 13.1. The summed E-state index contributed by atoms with van der Waals surface area (Å²) in [5.41, 5.74) is 7.84. The van der Waals surface area contributed by atoms with Crippen molar-refractivity contribution in [2.24, 2.45) is 5.11 Å². The fraction of sp³-hybridized carbons (Fsp3) is 0.143. The van der Waals surface area contributed by atoms with Gasteiger partial charge in [0.1, 0.15) is 34.0 Å². The Morgan fingerprint density at radius 2 is 1.58 bits per heavy atom. The van der Waals surface area contributed by atoms with Gasteiger partial charge in [0.2, 0.25) is 0 Å². The Labute approximate surface area is 243 Å². The first-order valence-corrected chi connectivity index (χ1v) is 12.5. The van der Waals surface area contributed by atoms with Crippen molar-refractivity contribution in [2.75, 3.05) is 5.32 Å². The molecule has 220 valence electrons. The van der Waals surface area contributed by atoms with Crippen LogP contribution in [0.1, 0.15) is 57.5 Å². The summed E-state index contributed by atoms with van der Waals surface area (Å²) in [5.74, 6) is -3.96. The molecule has 0 aliphatic rings. The molecule has 2 aromatic heterocycles. The Kier molecular flexibility index (Phi) is 8.18. The smallest absolute Gasteiger partial charge is 0.339 e. The first kappa shape index (κ1) is 29.9. The molecule has 2 heterocycles. The fourth-order valence-corrected chi connectivity index (χ4v) is 3.81. The molecule has 0 aliphatic heterocycles. The Balaban J connectivity index is 1.74. The SMILES string of the molecule is CC(C)(C)NC(=O)c1cc(/C(=C/Nc2ccc(C(=O)O)c(O)c2)N=N)nc(-c2cn(-c3ccc(C(=O)O)c(O)c3)nn2)c1. The highest BCUT2D eigenvalue weighted by Crippen LogP contribution is 2.26. The normalized spacial score (nSPS) is 11.6. The molecule has 0 spiro atoms. The number of nitrogens with one attached hydrogen (secondary N) is 3. The van der Waals surface area contributed by atoms with Gasteiger partial charge in [-0.3, -0.25) is 4.79 Å². The van der Waals surface area contributed by atoms with Crippen molar-refractivity contribution in [1.82, 2.24) is 25.3 Å². The number of carboxylic acids is 2. The Bertz CT molecular complexity index is 1790. The first-order valence-electron chi connectivity index (χ1n) is 12.5. The fourth-order valence-electron chi connectivity index (χ4n) is 3.81. The van der Waals surface area contributed by atoms with E-state index in [0.29, 0.717) is 11.4 Å². The van der Waals surface area contributed by atoms with Crippen LogP contribution in [0.2, 0.25) is 0 Å². The minimum atomic E-state index is -1.30. The number of phenols is 2. The number of carbonyl (C=O) groups is 3. The van der Waals surface area contributed by atoms with Crippen molar-refractivity contribution in [3.8, 4) is 28.6 Å². The zero-order valence-electron chi connectivity index (χ0n) is 23.0. The number of hydrogen-bond acceptors (Lipinski definition) is 11. The number of aromatic carboxylic acids is 2. The van der Waals surface area contributed by atoms with Crippen LogP contribution >= 0.6 is 0 Å². The molecule has 43 heavy (non-hydrogen) atoms. The maximum atomic E-state index is 13.1. The highest BCUT2D eigenvalue weighted by Gasteiger charge is 2.20. The molecule has 0 radical (unpaired) electrons. The van der Waals surface area contributed by atoms with Crippen LogP contribution in [0.4, 0.5) is 5.69 Å². The quantitative estimate of drug-likeness (QED) is 0.138. The van der Waals surface area contributed by atoms with Gasteiger partial charge in [0.25, 0.3) is 5.91 Å². The molecule has 0 atom stereocenters. The zero-order chi connectivity index (χ0) is 31.5. The van der Waals surface area contributed by atoms with Gasteiger partial charge in [-0.1, -0.05) is 5.21 Å². The summed E-state index contributed by atoms with van der Waals surface area (Å²) in [4.78, 5) is 40.0. The van der Waals surface area contributed by atoms with E-state index < -0.39 is 34.9 Å². The molecule has 15 nitrogen and oxygen atoms in total. The van der Waals surface area contributed by atoms with Crippen molar-refractivity contribution >= 4 is 29.2 Å². The van der Waals surface area contributed by atoms with Crippen molar-refractivity contribution in [3.63, 3.8) is 0 Å². The van der Waals surface area contributed by atoms with E-state index in [1.807, 2.05) is 20.8 Å². The number of rotatable bonds is 9. The van der Waals surface area contributed by atoms with Crippen LogP contribution in [-0.2, 0) is 0 Å². The largest absolute Gasteiger partial charge is 0.507 e. The first-order chi connectivity index (χ1) is 20.3. The number of nitrogens with zero attached hydrogens (tertiary/aromatic N) is 5. The molecule has 0 saturated heterocycles.